The number of rotatable bonds is 5. The Morgan fingerprint density at radius 1 is 1.18 bits per heavy atom. The summed E-state index contributed by atoms with van der Waals surface area (Å²) in [6.45, 7) is 3.81. The summed E-state index contributed by atoms with van der Waals surface area (Å²) in [6.07, 6.45) is 0. The van der Waals surface area contributed by atoms with Crippen molar-refractivity contribution in [3.63, 3.8) is 0 Å². The van der Waals surface area contributed by atoms with E-state index in [0.717, 1.165) is 0 Å². The van der Waals surface area contributed by atoms with Gasteiger partial charge in [-0.2, -0.15) is 0 Å². The number of non-ortho nitro benzene ring substituents is 1. The van der Waals surface area contributed by atoms with Gasteiger partial charge in [-0.15, -0.1) is 0 Å². The number of hydrogen-bond acceptors (Lipinski definition) is 5. The molecule has 0 radical (unpaired) electrons. The number of esters is 1. The van der Waals surface area contributed by atoms with E-state index in [9.17, 15) is 14.9 Å². The second kappa shape index (κ2) is 6.43. The molecule has 0 amide bonds. The van der Waals surface area contributed by atoms with E-state index >= 15 is 0 Å². The van der Waals surface area contributed by atoms with Gasteiger partial charge in [0.25, 0.3) is 5.69 Å². The summed E-state index contributed by atoms with van der Waals surface area (Å²) in [4.78, 5) is 22.6. The van der Waals surface area contributed by atoms with Crippen LogP contribution in [0.1, 0.15) is 13.8 Å². The van der Waals surface area contributed by atoms with Crippen LogP contribution in [-0.2, 0) is 9.53 Å². The van der Waals surface area contributed by atoms with E-state index in [1.807, 2.05) is 13.8 Å². The highest BCUT2D eigenvalue weighted by atomic mass is 16.6. The third-order valence-corrected chi connectivity index (χ3v) is 3.53. The molecule has 0 aliphatic carbocycles. The van der Waals surface area contributed by atoms with Gasteiger partial charge in [-0.05, 0) is 18.1 Å². The summed E-state index contributed by atoms with van der Waals surface area (Å²) in [6, 6.07) is 9.59. The number of carbonyl (C=O) groups excluding carboxylic acids is 1. The Kier molecular flexibility index (Phi) is 4.60. The molecule has 2 rings (SSSR count). The summed E-state index contributed by atoms with van der Waals surface area (Å²) in [5.74, 6) is -0.348. The van der Waals surface area contributed by atoms with E-state index in [2.05, 4.69) is 5.32 Å². The Labute approximate surface area is 128 Å². The van der Waals surface area contributed by atoms with Crippen molar-refractivity contribution in [2.24, 2.45) is 5.92 Å². The Bertz CT molecular complexity index is 712. The Balaban J connectivity index is 2.50. The van der Waals surface area contributed by atoms with Crippen molar-refractivity contribution in [2.45, 2.75) is 19.9 Å². The number of fused-ring (bicyclic) bond motifs is 1. The third-order valence-electron chi connectivity index (χ3n) is 3.53. The number of nitro groups is 1. The number of methoxy groups -OCH3 is 1. The molecule has 22 heavy (non-hydrogen) atoms. The lowest BCUT2D eigenvalue weighted by atomic mass is 10.0. The Morgan fingerprint density at radius 2 is 1.82 bits per heavy atom. The second-order valence-corrected chi connectivity index (χ2v) is 5.32. The minimum absolute atomic E-state index is 0.0152. The van der Waals surface area contributed by atoms with E-state index in [1.54, 1.807) is 30.3 Å². The highest BCUT2D eigenvalue weighted by molar-refractivity contribution is 6.00. The van der Waals surface area contributed by atoms with Gasteiger partial charge in [0.1, 0.15) is 6.04 Å². The zero-order valence-electron chi connectivity index (χ0n) is 12.7. The monoisotopic (exact) mass is 302 g/mol. The van der Waals surface area contributed by atoms with E-state index in [1.165, 1.54) is 13.2 Å². The molecule has 0 saturated carbocycles. The van der Waals surface area contributed by atoms with Crippen LogP contribution in [0.15, 0.2) is 36.4 Å². The van der Waals surface area contributed by atoms with Crippen LogP contribution < -0.4 is 5.32 Å². The minimum Gasteiger partial charge on any atom is -0.467 e. The molecule has 6 nitrogen and oxygen atoms in total. The molecule has 0 fully saturated rings. The molecule has 0 aliphatic heterocycles. The lowest BCUT2D eigenvalue weighted by Gasteiger charge is -2.22. The highest BCUT2D eigenvalue weighted by Gasteiger charge is 2.24. The summed E-state index contributed by atoms with van der Waals surface area (Å²) >= 11 is 0. The van der Waals surface area contributed by atoms with Gasteiger partial charge in [0.05, 0.1) is 17.4 Å². The van der Waals surface area contributed by atoms with Crippen molar-refractivity contribution < 1.29 is 14.5 Å². The number of nitro benzene ring substituents is 1. The molecule has 0 aliphatic rings. The molecule has 1 atom stereocenters. The molecular weight excluding hydrogens is 284 g/mol. The fourth-order valence-electron chi connectivity index (χ4n) is 2.36. The van der Waals surface area contributed by atoms with Gasteiger partial charge in [0.15, 0.2) is 0 Å². The fourth-order valence-corrected chi connectivity index (χ4v) is 2.36. The normalized spacial score (nSPS) is 12.2. The quantitative estimate of drug-likeness (QED) is 0.520. The zero-order valence-corrected chi connectivity index (χ0v) is 12.7. The maximum atomic E-state index is 11.9. The van der Waals surface area contributed by atoms with E-state index < -0.39 is 11.0 Å². The number of benzene rings is 2. The third kappa shape index (κ3) is 3.00. The van der Waals surface area contributed by atoms with Crippen molar-refractivity contribution in [1.29, 1.82) is 0 Å². The maximum Gasteiger partial charge on any atom is 0.328 e. The van der Waals surface area contributed by atoms with Gasteiger partial charge >= 0.3 is 5.97 Å². The molecule has 0 heterocycles. The first kappa shape index (κ1) is 15.8. The van der Waals surface area contributed by atoms with Crippen LogP contribution in [0.25, 0.3) is 10.8 Å². The van der Waals surface area contributed by atoms with Gasteiger partial charge < -0.3 is 10.1 Å². The summed E-state index contributed by atoms with van der Waals surface area (Å²) in [7, 11) is 1.34. The van der Waals surface area contributed by atoms with Crippen molar-refractivity contribution in [3.05, 3.63) is 46.5 Å². The molecular formula is C16H18N2O4. The molecule has 0 aromatic heterocycles. The summed E-state index contributed by atoms with van der Waals surface area (Å²) < 4.78 is 4.81. The molecule has 116 valence electrons. The Morgan fingerprint density at radius 3 is 2.36 bits per heavy atom. The van der Waals surface area contributed by atoms with Crippen LogP contribution in [0.4, 0.5) is 11.4 Å². The SMILES string of the molecule is COC(=O)[C@@H](Nc1ccc([N+](=O)[O-])c2ccccc12)C(C)C. The summed E-state index contributed by atoms with van der Waals surface area (Å²) in [5, 5.41) is 15.5. The van der Waals surface area contributed by atoms with Gasteiger partial charge in [0, 0.05) is 17.1 Å². The first-order chi connectivity index (χ1) is 10.5. The highest BCUT2D eigenvalue weighted by Crippen LogP contribution is 2.32. The predicted molar refractivity (Wildman–Crippen MR) is 84.9 cm³/mol. The van der Waals surface area contributed by atoms with Crippen molar-refractivity contribution >= 4 is 28.1 Å². The molecule has 0 unspecified atom stereocenters. The minimum atomic E-state index is -0.519. The smallest absolute Gasteiger partial charge is 0.328 e. The first-order valence-electron chi connectivity index (χ1n) is 6.96. The maximum absolute atomic E-state index is 11.9. The van der Waals surface area contributed by atoms with Gasteiger partial charge in [-0.1, -0.05) is 32.0 Å². The summed E-state index contributed by atoms with van der Waals surface area (Å²) in [5.41, 5.74) is 0.714. The number of carbonyl (C=O) groups is 1. The number of hydrogen-bond donors (Lipinski definition) is 1. The molecule has 1 N–H and O–H groups in total. The van der Waals surface area contributed by atoms with Crippen LogP contribution in [0, 0.1) is 16.0 Å². The average Bonchev–Trinajstić information content (AvgIpc) is 2.51. The first-order valence-corrected chi connectivity index (χ1v) is 6.96. The van der Waals surface area contributed by atoms with Gasteiger partial charge in [-0.25, -0.2) is 4.79 Å². The van der Waals surface area contributed by atoms with Crippen LogP contribution in [0.5, 0.6) is 0 Å². The van der Waals surface area contributed by atoms with E-state index in [-0.39, 0.29) is 17.6 Å². The van der Waals surface area contributed by atoms with Gasteiger partial charge in [-0.3, -0.25) is 10.1 Å². The van der Waals surface area contributed by atoms with Crippen LogP contribution >= 0.6 is 0 Å². The number of nitrogens with one attached hydrogen (secondary N) is 1. The number of ether oxygens (including phenoxy) is 1. The second-order valence-electron chi connectivity index (χ2n) is 5.32. The van der Waals surface area contributed by atoms with E-state index in [0.29, 0.717) is 16.5 Å². The number of anilines is 1. The topological polar surface area (TPSA) is 81.5 Å². The van der Waals surface area contributed by atoms with Crippen molar-refractivity contribution in [3.8, 4) is 0 Å². The van der Waals surface area contributed by atoms with E-state index in [4.69, 9.17) is 4.74 Å². The standard InChI is InChI=1S/C16H18N2O4/c1-10(2)15(16(19)22-3)17-13-8-9-14(18(20)21)12-7-5-4-6-11(12)13/h4-10,15,17H,1-3H3/t15-/m0/s1. The molecule has 0 bridgehead atoms. The zero-order chi connectivity index (χ0) is 16.3. The average molecular weight is 302 g/mol. The fraction of sp³-hybridized carbons (Fsp3) is 0.312. The molecule has 6 heteroatoms. The number of nitrogens with zero attached hydrogens (tertiary/aromatic N) is 1. The lowest BCUT2D eigenvalue weighted by Crippen LogP contribution is -2.35. The molecule has 0 saturated heterocycles. The molecule has 2 aromatic carbocycles. The molecule has 2 aromatic rings. The predicted octanol–water partition coefficient (Wildman–Crippen LogP) is 3.36. The van der Waals surface area contributed by atoms with Crippen LogP contribution in [0.3, 0.4) is 0 Å². The van der Waals surface area contributed by atoms with Crippen molar-refractivity contribution in [1.82, 2.24) is 0 Å². The van der Waals surface area contributed by atoms with Crippen molar-refractivity contribution in [2.75, 3.05) is 12.4 Å². The Hall–Kier alpha value is -2.63. The molecule has 0 spiro atoms. The lowest BCUT2D eigenvalue weighted by molar-refractivity contribution is -0.383. The van der Waals surface area contributed by atoms with Gasteiger partial charge in [0.2, 0.25) is 0 Å². The largest absolute Gasteiger partial charge is 0.467 e. The van der Waals surface area contributed by atoms with Crippen LogP contribution in [0.2, 0.25) is 0 Å². The van der Waals surface area contributed by atoms with Crippen LogP contribution in [-0.4, -0.2) is 24.0 Å².